The molecule has 0 aromatic rings. The third-order valence-electron chi connectivity index (χ3n) is 3.80. The standard InChI is InChI=1S/C12H23NO2/c1-9-5-10(9)6-13(2)7-11-8-15-4-3-12(11)14/h9-12,14H,3-8H2,1-2H3. The molecule has 0 amide bonds. The predicted molar refractivity (Wildman–Crippen MR) is 59.7 cm³/mol. The van der Waals surface area contributed by atoms with Crippen molar-refractivity contribution in [3.05, 3.63) is 0 Å². The average Bonchev–Trinajstić information content (AvgIpc) is 2.86. The van der Waals surface area contributed by atoms with Crippen molar-refractivity contribution in [3.8, 4) is 0 Å². The van der Waals surface area contributed by atoms with Crippen molar-refractivity contribution in [2.75, 3.05) is 33.4 Å². The topological polar surface area (TPSA) is 32.7 Å². The minimum atomic E-state index is -0.155. The van der Waals surface area contributed by atoms with Crippen LogP contribution >= 0.6 is 0 Å². The lowest BCUT2D eigenvalue weighted by Crippen LogP contribution is -2.40. The lowest BCUT2D eigenvalue weighted by atomic mass is 9.98. The number of ether oxygens (including phenoxy) is 1. The molecule has 1 heterocycles. The van der Waals surface area contributed by atoms with E-state index in [1.807, 2.05) is 0 Å². The van der Waals surface area contributed by atoms with Crippen LogP contribution in [0, 0.1) is 17.8 Å². The summed E-state index contributed by atoms with van der Waals surface area (Å²) in [4.78, 5) is 2.36. The third kappa shape index (κ3) is 3.16. The molecule has 3 heteroatoms. The van der Waals surface area contributed by atoms with Gasteiger partial charge in [-0.3, -0.25) is 0 Å². The van der Waals surface area contributed by atoms with E-state index in [1.54, 1.807) is 0 Å². The SMILES string of the molecule is CC1CC1CN(C)CC1COCCC1O. The molecule has 0 radical (unpaired) electrons. The normalized spacial score (nSPS) is 40.8. The molecule has 0 bridgehead atoms. The Morgan fingerprint density at radius 3 is 2.60 bits per heavy atom. The minimum Gasteiger partial charge on any atom is -0.393 e. The van der Waals surface area contributed by atoms with Crippen LogP contribution in [-0.2, 0) is 4.74 Å². The van der Waals surface area contributed by atoms with E-state index in [4.69, 9.17) is 4.74 Å². The second-order valence-corrected chi connectivity index (χ2v) is 5.39. The van der Waals surface area contributed by atoms with E-state index in [9.17, 15) is 5.11 Å². The first-order valence-corrected chi connectivity index (χ1v) is 6.11. The van der Waals surface area contributed by atoms with Gasteiger partial charge in [0.1, 0.15) is 0 Å². The molecule has 4 atom stereocenters. The van der Waals surface area contributed by atoms with Crippen molar-refractivity contribution in [2.45, 2.75) is 25.9 Å². The lowest BCUT2D eigenvalue weighted by Gasteiger charge is -2.31. The zero-order valence-electron chi connectivity index (χ0n) is 9.85. The number of hydrogen-bond acceptors (Lipinski definition) is 3. The highest BCUT2D eigenvalue weighted by molar-refractivity contribution is 4.85. The van der Waals surface area contributed by atoms with Crippen LogP contribution in [0.3, 0.4) is 0 Å². The molecular formula is C12H23NO2. The molecule has 2 fully saturated rings. The van der Waals surface area contributed by atoms with Crippen LogP contribution in [0.25, 0.3) is 0 Å². The second kappa shape index (κ2) is 4.81. The highest BCUT2D eigenvalue weighted by Gasteiger charge is 2.34. The van der Waals surface area contributed by atoms with E-state index < -0.39 is 0 Å². The molecule has 4 unspecified atom stereocenters. The molecule has 1 aliphatic carbocycles. The fourth-order valence-corrected chi connectivity index (χ4v) is 2.49. The number of aliphatic hydroxyl groups is 1. The van der Waals surface area contributed by atoms with Gasteiger partial charge in [-0.1, -0.05) is 6.92 Å². The summed E-state index contributed by atoms with van der Waals surface area (Å²) in [7, 11) is 2.16. The maximum absolute atomic E-state index is 9.81. The van der Waals surface area contributed by atoms with Crippen molar-refractivity contribution in [2.24, 2.45) is 17.8 Å². The van der Waals surface area contributed by atoms with Crippen LogP contribution in [0.2, 0.25) is 0 Å². The van der Waals surface area contributed by atoms with Crippen LogP contribution in [0.5, 0.6) is 0 Å². The van der Waals surface area contributed by atoms with E-state index >= 15 is 0 Å². The van der Waals surface area contributed by atoms with Gasteiger partial charge in [-0.15, -0.1) is 0 Å². The fraction of sp³-hybridized carbons (Fsp3) is 1.00. The lowest BCUT2D eigenvalue weighted by molar-refractivity contribution is -0.0448. The summed E-state index contributed by atoms with van der Waals surface area (Å²) in [6.07, 6.45) is 2.03. The van der Waals surface area contributed by atoms with Crippen LogP contribution < -0.4 is 0 Å². The predicted octanol–water partition coefficient (Wildman–Crippen LogP) is 0.972. The Kier molecular flexibility index (Phi) is 3.65. The van der Waals surface area contributed by atoms with Gasteiger partial charge in [0.2, 0.25) is 0 Å². The van der Waals surface area contributed by atoms with Gasteiger partial charge >= 0.3 is 0 Å². The summed E-state index contributed by atoms with van der Waals surface area (Å²) in [5.41, 5.74) is 0. The monoisotopic (exact) mass is 213 g/mol. The Bertz CT molecular complexity index is 210. The number of rotatable bonds is 4. The quantitative estimate of drug-likeness (QED) is 0.755. The fourth-order valence-electron chi connectivity index (χ4n) is 2.49. The van der Waals surface area contributed by atoms with Gasteiger partial charge in [0.15, 0.2) is 0 Å². The van der Waals surface area contributed by atoms with Gasteiger partial charge in [0.25, 0.3) is 0 Å². The summed E-state index contributed by atoms with van der Waals surface area (Å²) in [6.45, 7) is 5.93. The summed E-state index contributed by atoms with van der Waals surface area (Å²) < 4.78 is 5.41. The van der Waals surface area contributed by atoms with E-state index in [2.05, 4.69) is 18.9 Å². The molecule has 1 saturated heterocycles. The molecular weight excluding hydrogens is 190 g/mol. The molecule has 1 saturated carbocycles. The Morgan fingerprint density at radius 2 is 2.00 bits per heavy atom. The minimum absolute atomic E-state index is 0.155. The number of hydrogen-bond donors (Lipinski definition) is 1. The Hall–Kier alpha value is -0.120. The molecule has 2 aliphatic rings. The van der Waals surface area contributed by atoms with Crippen molar-refractivity contribution >= 4 is 0 Å². The zero-order chi connectivity index (χ0) is 10.8. The van der Waals surface area contributed by atoms with Gasteiger partial charge in [-0.2, -0.15) is 0 Å². The van der Waals surface area contributed by atoms with E-state index in [-0.39, 0.29) is 6.10 Å². The van der Waals surface area contributed by atoms with E-state index in [0.717, 1.165) is 38.0 Å². The largest absolute Gasteiger partial charge is 0.393 e. The first-order valence-electron chi connectivity index (χ1n) is 6.11. The van der Waals surface area contributed by atoms with Crippen LogP contribution in [-0.4, -0.2) is 49.5 Å². The van der Waals surface area contributed by atoms with Crippen molar-refractivity contribution in [3.63, 3.8) is 0 Å². The highest BCUT2D eigenvalue weighted by atomic mass is 16.5. The highest BCUT2D eigenvalue weighted by Crippen LogP contribution is 2.38. The van der Waals surface area contributed by atoms with Crippen LogP contribution in [0.4, 0.5) is 0 Å². The Morgan fingerprint density at radius 1 is 1.33 bits per heavy atom. The Labute approximate surface area is 92.4 Å². The van der Waals surface area contributed by atoms with Gasteiger partial charge < -0.3 is 14.7 Å². The van der Waals surface area contributed by atoms with Gasteiger partial charge in [-0.05, 0) is 31.7 Å². The smallest absolute Gasteiger partial charge is 0.0624 e. The summed E-state index contributed by atoms with van der Waals surface area (Å²) in [6, 6.07) is 0. The first-order chi connectivity index (χ1) is 7.16. The van der Waals surface area contributed by atoms with Gasteiger partial charge in [0.05, 0.1) is 12.7 Å². The summed E-state index contributed by atoms with van der Waals surface area (Å²) in [5, 5.41) is 9.81. The first kappa shape index (κ1) is 11.4. The number of aliphatic hydroxyl groups excluding tert-OH is 1. The maximum Gasteiger partial charge on any atom is 0.0624 e. The molecule has 3 nitrogen and oxygen atoms in total. The van der Waals surface area contributed by atoms with Crippen molar-refractivity contribution < 1.29 is 9.84 Å². The number of nitrogens with zero attached hydrogens (tertiary/aromatic N) is 1. The Balaban J connectivity index is 1.70. The maximum atomic E-state index is 9.81. The van der Waals surface area contributed by atoms with Crippen LogP contribution in [0.15, 0.2) is 0 Å². The average molecular weight is 213 g/mol. The van der Waals surface area contributed by atoms with E-state index in [0.29, 0.717) is 5.92 Å². The van der Waals surface area contributed by atoms with Crippen molar-refractivity contribution in [1.82, 2.24) is 4.90 Å². The van der Waals surface area contributed by atoms with E-state index in [1.165, 1.54) is 13.0 Å². The molecule has 0 spiro atoms. The summed E-state index contributed by atoms with van der Waals surface area (Å²) >= 11 is 0. The molecule has 15 heavy (non-hydrogen) atoms. The zero-order valence-corrected chi connectivity index (χ0v) is 9.85. The van der Waals surface area contributed by atoms with Crippen LogP contribution in [0.1, 0.15) is 19.8 Å². The molecule has 2 rings (SSSR count). The molecule has 0 aromatic carbocycles. The van der Waals surface area contributed by atoms with Gasteiger partial charge in [0, 0.05) is 25.6 Å². The van der Waals surface area contributed by atoms with Crippen molar-refractivity contribution in [1.29, 1.82) is 0 Å². The molecule has 88 valence electrons. The molecule has 1 N–H and O–H groups in total. The summed E-state index contributed by atoms with van der Waals surface area (Å²) in [5.74, 6) is 2.13. The second-order valence-electron chi connectivity index (χ2n) is 5.39. The molecule has 0 aromatic heterocycles. The molecule has 1 aliphatic heterocycles. The van der Waals surface area contributed by atoms with Gasteiger partial charge in [-0.25, -0.2) is 0 Å². The third-order valence-corrected chi connectivity index (χ3v) is 3.80.